The Kier molecular flexibility index (Phi) is 4.43. The molecule has 0 saturated carbocycles. The van der Waals surface area contributed by atoms with Crippen molar-refractivity contribution in [1.82, 2.24) is 5.32 Å². The summed E-state index contributed by atoms with van der Waals surface area (Å²) in [6, 6.07) is 7.47. The molecular weight excluding hydrogens is 316 g/mol. The van der Waals surface area contributed by atoms with Gasteiger partial charge in [-0.1, -0.05) is 23.9 Å². The highest BCUT2D eigenvalue weighted by Gasteiger charge is 2.32. The molecule has 0 aliphatic carbocycles. The molecule has 6 nitrogen and oxygen atoms in total. The molecule has 2 heterocycles. The molecule has 2 aliphatic rings. The maximum absolute atomic E-state index is 12.0. The van der Waals surface area contributed by atoms with Gasteiger partial charge in [-0.15, -0.1) is 0 Å². The summed E-state index contributed by atoms with van der Waals surface area (Å²) in [6.07, 6.45) is 1.14. The number of ether oxygens (including phenoxy) is 2. The third kappa shape index (κ3) is 3.93. The summed E-state index contributed by atoms with van der Waals surface area (Å²) in [5.74, 6) is -1.21. The van der Waals surface area contributed by atoms with Crippen molar-refractivity contribution >= 4 is 29.3 Å². The third-order valence-electron chi connectivity index (χ3n) is 3.41. The van der Waals surface area contributed by atoms with E-state index in [-0.39, 0.29) is 17.9 Å². The number of fused-ring (bicyclic) bond motifs is 1. The Labute approximate surface area is 138 Å². The number of amides is 2. The van der Waals surface area contributed by atoms with Gasteiger partial charge in [0.25, 0.3) is 5.91 Å². The smallest absolute Gasteiger partial charge is 0.262 e. The number of carbonyl (C=O) groups is 2. The zero-order chi connectivity index (χ0) is 16.4. The molecule has 7 heteroatoms. The molecule has 0 spiro atoms. The van der Waals surface area contributed by atoms with Crippen LogP contribution in [0, 0.1) is 0 Å². The number of anilines is 1. The Bertz CT molecular complexity index is 672. The zero-order valence-electron chi connectivity index (χ0n) is 12.9. The number of hydrogen-bond donors (Lipinski definition) is 2. The van der Waals surface area contributed by atoms with Crippen molar-refractivity contribution in [3.05, 3.63) is 35.2 Å². The molecule has 23 heavy (non-hydrogen) atoms. The van der Waals surface area contributed by atoms with E-state index in [0.29, 0.717) is 18.1 Å². The van der Waals surface area contributed by atoms with Gasteiger partial charge in [0.15, 0.2) is 5.79 Å². The maximum Gasteiger partial charge on any atom is 0.262 e. The van der Waals surface area contributed by atoms with Crippen LogP contribution < -0.4 is 10.6 Å². The molecule has 2 aliphatic heterocycles. The highest BCUT2D eigenvalue weighted by molar-refractivity contribution is 8.04. The Hall–Kier alpha value is -1.83. The van der Waals surface area contributed by atoms with E-state index in [4.69, 9.17) is 9.47 Å². The third-order valence-corrected chi connectivity index (χ3v) is 4.51. The van der Waals surface area contributed by atoms with Crippen molar-refractivity contribution in [1.29, 1.82) is 0 Å². The number of carbonyl (C=O) groups excluding carboxylic acids is 2. The molecule has 3 rings (SSSR count). The van der Waals surface area contributed by atoms with Gasteiger partial charge >= 0.3 is 0 Å². The second-order valence-corrected chi connectivity index (χ2v) is 6.84. The van der Waals surface area contributed by atoms with Gasteiger partial charge in [-0.3, -0.25) is 9.59 Å². The number of hydrogen-bond acceptors (Lipinski definition) is 5. The summed E-state index contributed by atoms with van der Waals surface area (Å²) in [5, 5.41) is 5.51. The summed E-state index contributed by atoms with van der Waals surface area (Å²) in [6.45, 7) is 4.44. The fourth-order valence-corrected chi connectivity index (χ4v) is 3.27. The molecule has 1 atom stereocenters. The van der Waals surface area contributed by atoms with Gasteiger partial charge in [-0.25, -0.2) is 0 Å². The first-order valence-corrected chi connectivity index (χ1v) is 8.14. The van der Waals surface area contributed by atoms with Crippen molar-refractivity contribution in [2.75, 3.05) is 18.5 Å². The molecule has 0 radical (unpaired) electrons. The molecule has 2 amide bonds. The van der Waals surface area contributed by atoms with Gasteiger partial charge in [0.1, 0.15) is 6.10 Å². The average molecular weight is 334 g/mol. The van der Waals surface area contributed by atoms with Gasteiger partial charge in [-0.2, -0.15) is 0 Å². The first-order chi connectivity index (χ1) is 10.9. The highest BCUT2D eigenvalue weighted by Crippen LogP contribution is 2.37. The van der Waals surface area contributed by atoms with E-state index in [1.165, 1.54) is 17.8 Å². The van der Waals surface area contributed by atoms with Crippen molar-refractivity contribution in [2.45, 2.75) is 30.6 Å². The fourth-order valence-electron chi connectivity index (χ4n) is 2.35. The van der Waals surface area contributed by atoms with Gasteiger partial charge in [-0.05, 0) is 26.0 Å². The molecule has 122 valence electrons. The summed E-state index contributed by atoms with van der Waals surface area (Å²) < 4.78 is 11.0. The minimum atomic E-state index is -0.614. The minimum Gasteiger partial charge on any atom is -0.350 e. The van der Waals surface area contributed by atoms with Crippen LogP contribution in [0.1, 0.15) is 13.8 Å². The SMILES string of the molecule is CC1(C)OCC(CNC(=O)/C=C2/Sc3ccccc3NC2=O)O1. The van der Waals surface area contributed by atoms with Gasteiger partial charge < -0.3 is 20.1 Å². The van der Waals surface area contributed by atoms with Crippen LogP contribution >= 0.6 is 11.8 Å². The van der Waals surface area contributed by atoms with E-state index in [0.717, 1.165) is 10.6 Å². The van der Waals surface area contributed by atoms with E-state index >= 15 is 0 Å². The number of para-hydroxylation sites is 1. The molecule has 1 aromatic carbocycles. The molecule has 0 aromatic heterocycles. The van der Waals surface area contributed by atoms with Gasteiger partial charge in [0, 0.05) is 17.5 Å². The highest BCUT2D eigenvalue weighted by atomic mass is 32.2. The number of rotatable bonds is 3. The quantitative estimate of drug-likeness (QED) is 0.826. The van der Waals surface area contributed by atoms with Crippen LogP contribution in [0.15, 0.2) is 40.1 Å². The van der Waals surface area contributed by atoms with Crippen molar-refractivity contribution < 1.29 is 19.1 Å². The predicted octanol–water partition coefficient (Wildman–Crippen LogP) is 1.88. The predicted molar refractivity (Wildman–Crippen MR) is 86.9 cm³/mol. The zero-order valence-corrected chi connectivity index (χ0v) is 13.7. The van der Waals surface area contributed by atoms with Crippen LogP contribution in [0.5, 0.6) is 0 Å². The molecule has 2 N–H and O–H groups in total. The Morgan fingerprint density at radius 2 is 2.26 bits per heavy atom. The topological polar surface area (TPSA) is 76.7 Å². The van der Waals surface area contributed by atoms with Crippen molar-refractivity contribution in [3.63, 3.8) is 0 Å². The van der Waals surface area contributed by atoms with Crippen LogP contribution in [-0.2, 0) is 19.1 Å². The van der Waals surface area contributed by atoms with E-state index in [1.54, 1.807) is 0 Å². The van der Waals surface area contributed by atoms with Gasteiger partial charge in [0.05, 0.1) is 17.2 Å². The number of nitrogens with one attached hydrogen (secondary N) is 2. The Balaban J connectivity index is 1.59. The number of thioether (sulfide) groups is 1. The van der Waals surface area contributed by atoms with Crippen LogP contribution in [0.2, 0.25) is 0 Å². The normalized spacial score (nSPS) is 24.2. The fraction of sp³-hybridized carbons (Fsp3) is 0.375. The van der Waals surface area contributed by atoms with E-state index < -0.39 is 5.79 Å². The van der Waals surface area contributed by atoms with E-state index in [2.05, 4.69) is 10.6 Å². The summed E-state index contributed by atoms with van der Waals surface area (Å²) >= 11 is 1.28. The van der Waals surface area contributed by atoms with Crippen LogP contribution in [0.4, 0.5) is 5.69 Å². The number of benzene rings is 1. The molecule has 1 saturated heterocycles. The van der Waals surface area contributed by atoms with Gasteiger partial charge in [0.2, 0.25) is 5.91 Å². The molecule has 0 bridgehead atoms. The lowest BCUT2D eigenvalue weighted by atomic mass is 10.3. The monoisotopic (exact) mass is 334 g/mol. The van der Waals surface area contributed by atoms with Crippen LogP contribution in [0.3, 0.4) is 0 Å². The van der Waals surface area contributed by atoms with Crippen LogP contribution in [-0.4, -0.2) is 36.9 Å². The largest absolute Gasteiger partial charge is 0.350 e. The lowest BCUT2D eigenvalue weighted by Crippen LogP contribution is -2.34. The van der Waals surface area contributed by atoms with Crippen molar-refractivity contribution in [2.24, 2.45) is 0 Å². The maximum atomic E-state index is 12.0. The second-order valence-electron chi connectivity index (χ2n) is 5.76. The van der Waals surface area contributed by atoms with E-state index in [9.17, 15) is 9.59 Å². The second kappa shape index (κ2) is 6.35. The standard InChI is InChI=1S/C16H18N2O4S/c1-16(2)21-9-10(22-16)8-17-14(19)7-13-15(20)18-11-5-3-4-6-12(11)23-13/h3-7,10H,8-9H2,1-2H3,(H,17,19)(H,18,20)/b13-7+. The molecular formula is C16H18N2O4S. The summed E-state index contributed by atoms with van der Waals surface area (Å²) in [7, 11) is 0. The first kappa shape index (κ1) is 16.0. The lowest BCUT2D eigenvalue weighted by Gasteiger charge is -2.18. The Morgan fingerprint density at radius 1 is 1.48 bits per heavy atom. The summed E-state index contributed by atoms with van der Waals surface area (Å²) in [5.41, 5.74) is 0.763. The minimum absolute atomic E-state index is 0.180. The van der Waals surface area contributed by atoms with E-state index in [1.807, 2.05) is 38.1 Å². The molecule has 1 aromatic rings. The first-order valence-electron chi connectivity index (χ1n) is 7.32. The van der Waals surface area contributed by atoms with Crippen LogP contribution in [0.25, 0.3) is 0 Å². The molecule has 1 unspecified atom stereocenters. The molecule has 1 fully saturated rings. The Morgan fingerprint density at radius 3 is 3.00 bits per heavy atom. The average Bonchev–Trinajstić information content (AvgIpc) is 2.85. The lowest BCUT2D eigenvalue weighted by molar-refractivity contribution is -0.139. The van der Waals surface area contributed by atoms with Crippen molar-refractivity contribution in [3.8, 4) is 0 Å². The summed E-state index contributed by atoms with van der Waals surface area (Å²) in [4.78, 5) is 25.3.